The van der Waals surface area contributed by atoms with Crippen molar-refractivity contribution < 1.29 is 19.5 Å². The quantitative estimate of drug-likeness (QED) is 0.773. The lowest BCUT2D eigenvalue weighted by molar-refractivity contribution is 0.184. The summed E-state index contributed by atoms with van der Waals surface area (Å²) in [7, 11) is 0.194. The fourth-order valence-corrected chi connectivity index (χ4v) is 1.90. The molecule has 0 atom stereocenters. The number of rotatable bonds is 6. The molecule has 0 aliphatic rings. The number of ether oxygens (including phenoxy) is 2. The van der Waals surface area contributed by atoms with E-state index in [4.69, 9.17) is 19.5 Å². The molecule has 2 N–H and O–H groups in total. The van der Waals surface area contributed by atoms with Crippen molar-refractivity contribution in [3.8, 4) is 5.75 Å². The Morgan fingerprint density at radius 1 is 0.950 bits per heavy atom. The van der Waals surface area contributed by atoms with Crippen LogP contribution in [0.15, 0.2) is 48.5 Å². The predicted molar refractivity (Wildman–Crippen MR) is 77.8 cm³/mol. The highest BCUT2D eigenvalue weighted by atomic mass is 16.5. The molecule has 2 rings (SSSR count). The molecule has 5 heteroatoms. The van der Waals surface area contributed by atoms with Crippen LogP contribution in [-0.2, 0) is 18.0 Å². The monoisotopic (exact) mass is 272 g/mol. The zero-order valence-corrected chi connectivity index (χ0v) is 11.3. The van der Waals surface area contributed by atoms with Crippen molar-refractivity contribution in [3.05, 3.63) is 59.7 Å². The van der Waals surface area contributed by atoms with Crippen molar-refractivity contribution in [1.82, 2.24) is 0 Å². The van der Waals surface area contributed by atoms with Gasteiger partial charge in [0.15, 0.2) is 0 Å². The molecule has 0 saturated carbocycles. The molecule has 0 heterocycles. The first-order valence-electron chi connectivity index (χ1n) is 6.34. The number of hydrogen-bond donors (Lipinski definition) is 2. The van der Waals surface area contributed by atoms with E-state index in [1.165, 1.54) is 0 Å². The van der Waals surface area contributed by atoms with Gasteiger partial charge >= 0.3 is 7.12 Å². The molecule has 0 spiro atoms. The Balaban J connectivity index is 2.01. The van der Waals surface area contributed by atoms with E-state index in [2.05, 4.69) is 0 Å². The molecule has 0 aliphatic heterocycles. The Kier molecular flexibility index (Phi) is 5.18. The van der Waals surface area contributed by atoms with Crippen LogP contribution in [0.3, 0.4) is 0 Å². The molecule has 0 aromatic heterocycles. The third kappa shape index (κ3) is 4.10. The summed E-state index contributed by atoms with van der Waals surface area (Å²) in [5.74, 6) is 0.759. The van der Waals surface area contributed by atoms with E-state index in [0.29, 0.717) is 18.7 Å². The minimum absolute atomic E-state index is 0.372. The molecule has 2 aromatic carbocycles. The second-order valence-electron chi connectivity index (χ2n) is 4.49. The average Bonchev–Trinajstić information content (AvgIpc) is 2.46. The van der Waals surface area contributed by atoms with E-state index in [9.17, 15) is 0 Å². The van der Waals surface area contributed by atoms with Gasteiger partial charge in [0, 0.05) is 7.11 Å². The second kappa shape index (κ2) is 7.10. The lowest BCUT2D eigenvalue weighted by Crippen LogP contribution is -2.29. The summed E-state index contributed by atoms with van der Waals surface area (Å²) in [4.78, 5) is 0. The summed E-state index contributed by atoms with van der Waals surface area (Å²) in [6, 6.07) is 14.7. The van der Waals surface area contributed by atoms with Gasteiger partial charge < -0.3 is 19.5 Å². The summed E-state index contributed by atoms with van der Waals surface area (Å²) in [5.41, 5.74) is 2.39. The van der Waals surface area contributed by atoms with Crippen LogP contribution in [0.2, 0.25) is 0 Å². The largest absolute Gasteiger partial charge is 0.489 e. The Hall–Kier alpha value is -1.82. The van der Waals surface area contributed by atoms with Crippen LogP contribution in [0.4, 0.5) is 0 Å². The van der Waals surface area contributed by atoms with Crippen LogP contribution in [-0.4, -0.2) is 24.3 Å². The number of methoxy groups -OCH3 is 1. The van der Waals surface area contributed by atoms with Crippen LogP contribution >= 0.6 is 0 Å². The summed E-state index contributed by atoms with van der Waals surface area (Å²) >= 11 is 0. The molecule has 20 heavy (non-hydrogen) atoms. The van der Waals surface area contributed by atoms with Gasteiger partial charge in [0.05, 0.1) is 6.61 Å². The molecule has 0 fully saturated rings. The second-order valence-corrected chi connectivity index (χ2v) is 4.49. The maximum Gasteiger partial charge on any atom is 0.488 e. The standard InChI is InChI=1S/C15H17BO4/c1-19-10-13-5-3-7-15(9-13)20-11-12-4-2-6-14(8-12)16(17)18/h2-9,17-18H,10-11H2,1H3. The highest BCUT2D eigenvalue weighted by molar-refractivity contribution is 6.58. The SMILES string of the molecule is COCc1cccc(OCc2cccc(B(O)O)c2)c1. The van der Waals surface area contributed by atoms with Gasteiger partial charge in [0.2, 0.25) is 0 Å². The van der Waals surface area contributed by atoms with Gasteiger partial charge in [-0.15, -0.1) is 0 Å². The first-order chi connectivity index (χ1) is 9.69. The third-order valence-corrected chi connectivity index (χ3v) is 2.86. The van der Waals surface area contributed by atoms with Gasteiger partial charge in [-0.2, -0.15) is 0 Å². The number of hydrogen-bond acceptors (Lipinski definition) is 4. The summed E-state index contributed by atoms with van der Waals surface area (Å²) in [5, 5.41) is 18.3. The molecule has 4 nitrogen and oxygen atoms in total. The van der Waals surface area contributed by atoms with E-state index >= 15 is 0 Å². The lowest BCUT2D eigenvalue weighted by atomic mass is 9.80. The van der Waals surface area contributed by atoms with Crippen molar-refractivity contribution in [2.75, 3.05) is 7.11 Å². The molecule has 0 aliphatic carbocycles. The van der Waals surface area contributed by atoms with E-state index in [-0.39, 0.29) is 0 Å². The van der Waals surface area contributed by atoms with Crippen LogP contribution in [0.1, 0.15) is 11.1 Å². The molecule has 2 aromatic rings. The van der Waals surface area contributed by atoms with E-state index in [1.54, 1.807) is 25.3 Å². The summed E-state index contributed by atoms with van der Waals surface area (Å²) < 4.78 is 10.8. The molecule has 0 radical (unpaired) electrons. The van der Waals surface area contributed by atoms with Gasteiger partial charge in [0.1, 0.15) is 12.4 Å². The summed E-state index contributed by atoms with van der Waals surface area (Å²) in [6.45, 7) is 0.917. The normalized spacial score (nSPS) is 10.3. The van der Waals surface area contributed by atoms with Gasteiger partial charge in [-0.05, 0) is 28.7 Å². The Bertz CT molecular complexity index is 557. The van der Waals surface area contributed by atoms with Crippen molar-refractivity contribution in [3.63, 3.8) is 0 Å². The minimum atomic E-state index is -1.46. The zero-order chi connectivity index (χ0) is 14.4. The topological polar surface area (TPSA) is 58.9 Å². The van der Waals surface area contributed by atoms with E-state index < -0.39 is 7.12 Å². The number of benzene rings is 2. The van der Waals surface area contributed by atoms with Gasteiger partial charge in [-0.25, -0.2) is 0 Å². The minimum Gasteiger partial charge on any atom is -0.489 e. The zero-order valence-electron chi connectivity index (χ0n) is 11.3. The highest BCUT2D eigenvalue weighted by Crippen LogP contribution is 2.15. The first-order valence-corrected chi connectivity index (χ1v) is 6.34. The molecule has 0 unspecified atom stereocenters. The highest BCUT2D eigenvalue weighted by Gasteiger charge is 2.10. The third-order valence-electron chi connectivity index (χ3n) is 2.86. The van der Waals surface area contributed by atoms with E-state index in [0.717, 1.165) is 16.9 Å². The maximum atomic E-state index is 9.13. The van der Waals surface area contributed by atoms with Crippen molar-refractivity contribution in [2.24, 2.45) is 0 Å². The van der Waals surface area contributed by atoms with Crippen LogP contribution < -0.4 is 10.2 Å². The van der Waals surface area contributed by atoms with Gasteiger partial charge in [-0.1, -0.05) is 36.4 Å². The maximum absolute atomic E-state index is 9.13. The Labute approximate surface area is 118 Å². The fourth-order valence-electron chi connectivity index (χ4n) is 1.90. The van der Waals surface area contributed by atoms with Crippen LogP contribution in [0, 0.1) is 0 Å². The van der Waals surface area contributed by atoms with Crippen LogP contribution in [0.25, 0.3) is 0 Å². The van der Waals surface area contributed by atoms with Crippen molar-refractivity contribution >= 4 is 12.6 Å². The molecular formula is C15H17BO4. The molecule has 0 saturated heterocycles. The molecule has 104 valence electrons. The fraction of sp³-hybridized carbons (Fsp3) is 0.200. The average molecular weight is 272 g/mol. The van der Waals surface area contributed by atoms with Crippen LogP contribution in [0.5, 0.6) is 5.75 Å². The smallest absolute Gasteiger partial charge is 0.488 e. The Morgan fingerprint density at radius 2 is 1.65 bits per heavy atom. The molecule has 0 amide bonds. The van der Waals surface area contributed by atoms with Crippen molar-refractivity contribution in [2.45, 2.75) is 13.2 Å². The van der Waals surface area contributed by atoms with E-state index in [1.807, 2.05) is 30.3 Å². The lowest BCUT2D eigenvalue weighted by Gasteiger charge is -2.09. The van der Waals surface area contributed by atoms with Gasteiger partial charge in [-0.3, -0.25) is 0 Å². The summed E-state index contributed by atoms with van der Waals surface area (Å²) in [6.07, 6.45) is 0. The van der Waals surface area contributed by atoms with Crippen molar-refractivity contribution in [1.29, 1.82) is 0 Å². The molecular weight excluding hydrogens is 255 g/mol. The molecule has 0 bridgehead atoms. The predicted octanol–water partition coefficient (Wildman–Crippen LogP) is 1.09. The Morgan fingerprint density at radius 3 is 2.35 bits per heavy atom. The van der Waals surface area contributed by atoms with Gasteiger partial charge in [0.25, 0.3) is 0 Å². The first kappa shape index (κ1) is 14.6.